The summed E-state index contributed by atoms with van der Waals surface area (Å²) in [5, 5.41) is 24.5. The second kappa shape index (κ2) is 9.81. The minimum atomic E-state index is -1.28. The number of nitrogens with one attached hydrogen (secondary N) is 1. The van der Waals surface area contributed by atoms with Gasteiger partial charge in [-0.1, -0.05) is 54.0 Å². The number of ketones is 1. The van der Waals surface area contributed by atoms with Gasteiger partial charge in [0.05, 0.1) is 18.6 Å². The van der Waals surface area contributed by atoms with Crippen molar-refractivity contribution in [2.75, 3.05) is 6.54 Å². The number of amides is 1. The van der Waals surface area contributed by atoms with Crippen LogP contribution in [-0.2, 0) is 14.4 Å². The number of hydrogen-bond acceptors (Lipinski definition) is 5. The Morgan fingerprint density at radius 3 is 2.26 bits per heavy atom. The van der Waals surface area contributed by atoms with Crippen LogP contribution in [0.15, 0.2) is 11.6 Å². The zero-order valence-corrected chi connectivity index (χ0v) is 27.5. The smallest absolute Gasteiger partial charge is 0.548 e. The fraction of sp³-hybridized carbons (Fsp3) is 0.844. The van der Waals surface area contributed by atoms with Crippen LogP contribution in [0.25, 0.3) is 0 Å². The van der Waals surface area contributed by atoms with E-state index in [-0.39, 0.29) is 94.4 Å². The van der Waals surface area contributed by atoms with E-state index in [0.29, 0.717) is 18.8 Å². The normalized spacial score (nSPS) is 48.2. The molecule has 1 amide bonds. The molecule has 0 heterocycles. The number of aliphatic hydroxyl groups excluding tert-OH is 1. The number of aliphatic carboxylic acids is 1. The Kier molecular flexibility index (Phi) is 7.92. The predicted molar refractivity (Wildman–Crippen MR) is 149 cm³/mol. The Morgan fingerprint density at radius 1 is 0.974 bits per heavy atom. The first-order chi connectivity index (χ1) is 17.4. The Balaban J connectivity index is 0.00000353. The molecule has 4 fully saturated rings. The maximum absolute atomic E-state index is 14.3. The van der Waals surface area contributed by atoms with Gasteiger partial charge in [-0.25, -0.2) is 0 Å². The Morgan fingerprint density at radius 2 is 1.62 bits per heavy atom. The molecule has 0 aromatic carbocycles. The third kappa shape index (κ3) is 4.35. The van der Waals surface area contributed by atoms with Gasteiger partial charge in [0.15, 0.2) is 5.78 Å². The molecule has 39 heavy (non-hydrogen) atoms. The summed E-state index contributed by atoms with van der Waals surface area (Å²) in [6, 6.07) is 0. The first-order valence-electron chi connectivity index (χ1n) is 14.9. The summed E-state index contributed by atoms with van der Waals surface area (Å²) >= 11 is 0. The monoisotopic (exact) mass is 566 g/mol. The molecule has 5 aliphatic carbocycles. The number of hydrogen-bond donors (Lipinski definition) is 2. The second-order valence-corrected chi connectivity index (χ2v) is 15.7. The molecule has 0 saturated heterocycles. The van der Waals surface area contributed by atoms with Crippen LogP contribution < -0.4 is 10.4 Å². The summed E-state index contributed by atoms with van der Waals surface area (Å²) in [4.78, 5) is 38.5. The van der Waals surface area contributed by atoms with E-state index in [9.17, 15) is 24.6 Å². The number of aliphatic hydroxyl groups is 1. The molecule has 0 aliphatic heterocycles. The Bertz CT molecular complexity index is 1100. The molecule has 2 N–H and O–H groups in total. The van der Waals surface area contributed by atoms with Crippen molar-refractivity contribution in [1.82, 2.24) is 5.32 Å². The molecule has 5 rings (SSSR count). The first kappa shape index (κ1) is 31.5. The van der Waals surface area contributed by atoms with Gasteiger partial charge in [0, 0.05) is 11.3 Å². The van der Waals surface area contributed by atoms with Crippen molar-refractivity contribution >= 4 is 55.4 Å². The number of carboxylic acids is 1. The van der Waals surface area contributed by atoms with Gasteiger partial charge in [-0.05, 0) is 103 Å². The molecule has 6 nitrogen and oxygen atoms in total. The van der Waals surface area contributed by atoms with Crippen LogP contribution in [0, 0.1) is 50.2 Å². The summed E-state index contributed by atoms with van der Waals surface area (Å²) in [6.07, 6.45) is 9.66. The van der Waals surface area contributed by atoms with Gasteiger partial charge >= 0.3 is 37.7 Å². The molecule has 0 bridgehead atoms. The maximum atomic E-state index is 14.3. The zero-order valence-electron chi connectivity index (χ0n) is 25.2. The molecule has 212 valence electrons. The fourth-order valence-corrected chi connectivity index (χ4v) is 10.7. The van der Waals surface area contributed by atoms with Crippen LogP contribution in [0.5, 0.6) is 0 Å². The Hall–Kier alpha value is -0.430. The van der Waals surface area contributed by atoms with Gasteiger partial charge < -0.3 is 20.3 Å². The van der Waals surface area contributed by atoms with Gasteiger partial charge in [0.25, 0.3) is 0 Å². The average Bonchev–Trinajstić information content (AvgIpc) is 2.82. The van der Waals surface area contributed by atoms with Crippen molar-refractivity contribution in [3.8, 4) is 0 Å². The number of allylic oxidation sites excluding steroid dienone is 2. The number of fused-ring (bicyclic) bond motifs is 7. The van der Waals surface area contributed by atoms with E-state index < -0.39 is 17.9 Å². The quantitative estimate of drug-likeness (QED) is 0.506. The van der Waals surface area contributed by atoms with Crippen molar-refractivity contribution in [2.45, 2.75) is 112 Å². The minimum absolute atomic E-state index is 0. The SMILES string of the molecule is CC1(C)[C@@H](O)CC[C@]2(C)[C@H]3C(=O)C=C4[C@@H]5C[C@](C)(C(=O)NCC(=O)[O-])CC[C@]5(C)CC[C@@]4(C)[C@]3(C)CC[C@@H]12.[Ca+2]. The zero-order chi connectivity index (χ0) is 28.1. The molecular weight excluding hydrogens is 518 g/mol. The van der Waals surface area contributed by atoms with Crippen LogP contribution in [0.1, 0.15) is 106 Å². The maximum Gasteiger partial charge on any atom is 2.00 e. The summed E-state index contributed by atoms with van der Waals surface area (Å²) < 4.78 is 0. The number of carboxylic acid groups (broad SMARTS) is 1. The van der Waals surface area contributed by atoms with Crippen molar-refractivity contribution in [3.05, 3.63) is 11.6 Å². The third-order valence-electron chi connectivity index (χ3n) is 13.5. The van der Waals surface area contributed by atoms with Crippen LogP contribution >= 0.6 is 0 Å². The van der Waals surface area contributed by atoms with Crippen molar-refractivity contribution < 1.29 is 24.6 Å². The average molecular weight is 567 g/mol. The molecule has 0 aromatic rings. The molecule has 0 aromatic heterocycles. The van der Waals surface area contributed by atoms with Crippen LogP contribution in [0.2, 0.25) is 0 Å². The topological polar surface area (TPSA) is 107 Å². The van der Waals surface area contributed by atoms with Crippen LogP contribution in [0.4, 0.5) is 0 Å². The van der Waals surface area contributed by atoms with Gasteiger partial charge in [0.1, 0.15) is 0 Å². The fourth-order valence-electron chi connectivity index (χ4n) is 10.7. The van der Waals surface area contributed by atoms with Crippen molar-refractivity contribution in [2.24, 2.45) is 50.2 Å². The van der Waals surface area contributed by atoms with E-state index in [2.05, 4.69) is 46.9 Å². The molecule has 0 spiro atoms. The van der Waals surface area contributed by atoms with E-state index in [0.717, 1.165) is 44.9 Å². The third-order valence-corrected chi connectivity index (χ3v) is 13.5. The van der Waals surface area contributed by atoms with Gasteiger partial charge in [-0.2, -0.15) is 0 Å². The van der Waals surface area contributed by atoms with E-state index in [1.165, 1.54) is 5.57 Å². The van der Waals surface area contributed by atoms with Gasteiger partial charge in [-0.3, -0.25) is 9.59 Å². The standard InChI is InChI=1S/C32H49NO5.Ca/c1-27(2)22-8-11-32(7)25(30(22,5)10-9-23(27)35)21(34)16-19-20-17-29(4,26(38)33-18-24(36)37)13-12-28(20,3)14-15-31(19,32)6;/h16,20,22-23,25,35H,8-15,17-18H2,1-7H3,(H,33,38)(H,36,37);/q;+2/p-1/t20-,22-,23-,25+,28+,29+,30-,31+,32+;/m0./s1. The first-order valence-corrected chi connectivity index (χ1v) is 14.9. The molecule has 4 saturated carbocycles. The summed E-state index contributed by atoms with van der Waals surface area (Å²) in [6.45, 7) is 15.3. The minimum Gasteiger partial charge on any atom is -0.548 e. The summed E-state index contributed by atoms with van der Waals surface area (Å²) in [7, 11) is 0. The Labute approximate surface area is 264 Å². The van der Waals surface area contributed by atoms with Crippen LogP contribution in [0.3, 0.4) is 0 Å². The molecule has 0 radical (unpaired) electrons. The number of carbonyl (C=O) groups is 3. The van der Waals surface area contributed by atoms with E-state index in [1.807, 2.05) is 13.0 Å². The second-order valence-electron chi connectivity index (χ2n) is 15.7. The van der Waals surface area contributed by atoms with E-state index in [1.54, 1.807) is 0 Å². The molecule has 7 heteroatoms. The van der Waals surface area contributed by atoms with E-state index in [4.69, 9.17) is 0 Å². The molecular formula is C32H48CaNO5+. The van der Waals surface area contributed by atoms with Crippen molar-refractivity contribution in [3.63, 3.8) is 0 Å². The van der Waals surface area contributed by atoms with Gasteiger partial charge in [-0.15, -0.1) is 0 Å². The summed E-state index contributed by atoms with van der Waals surface area (Å²) in [5.74, 6) is -0.907. The largest absolute Gasteiger partial charge is 2.00 e. The molecule has 0 unspecified atom stereocenters. The number of rotatable bonds is 3. The predicted octanol–water partition coefficient (Wildman–Crippen LogP) is 3.81. The number of carbonyl (C=O) groups excluding carboxylic acids is 3. The molecule has 9 atom stereocenters. The summed E-state index contributed by atoms with van der Waals surface area (Å²) in [5.41, 5.74) is -0.0773. The van der Waals surface area contributed by atoms with E-state index >= 15 is 0 Å². The van der Waals surface area contributed by atoms with Gasteiger partial charge in [0.2, 0.25) is 5.91 Å². The molecule has 5 aliphatic rings. The van der Waals surface area contributed by atoms with Crippen molar-refractivity contribution in [1.29, 1.82) is 0 Å². The van der Waals surface area contributed by atoms with Crippen LogP contribution in [-0.4, -0.2) is 73.2 Å².